The second-order valence-electron chi connectivity index (χ2n) is 7.15. The number of rotatable bonds is 8. The van der Waals surface area contributed by atoms with E-state index in [2.05, 4.69) is 15.6 Å². The summed E-state index contributed by atoms with van der Waals surface area (Å²) >= 11 is 5.98. The Balaban J connectivity index is 1.62. The highest BCUT2D eigenvalue weighted by molar-refractivity contribution is 6.30. The van der Waals surface area contributed by atoms with Crippen LogP contribution in [0.4, 0.5) is 0 Å². The number of halogens is 1. The van der Waals surface area contributed by atoms with Gasteiger partial charge in [-0.25, -0.2) is 0 Å². The third-order valence-electron chi connectivity index (χ3n) is 4.64. The number of hydrogen-bond acceptors (Lipinski definition) is 3. The number of pyridine rings is 1. The van der Waals surface area contributed by atoms with E-state index < -0.39 is 0 Å². The van der Waals surface area contributed by atoms with Crippen molar-refractivity contribution in [1.82, 2.24) is 15.6 Å². The predicted molar refractivity (Wildman–Crippen MR) is 118 cm³/mol. The Morgan fingerprint density at radius 1 is 0.933 bits per heavy atom. The minimum atomic E-state index is -0.308. The van der Waals surface area contributed by atoms with Gasteiger partial charge in [0, 0.05) is 29.2 Å². The van der Waals surface area contributed by atoms with Gasteiger partial charge in [-0.1, -0.05) is 48.0 Å². The summed E-state index contributed by atoms with van der Waals surface area (Å²) in [5.41, 5.74) is 2.39. The van der Waals surface area contributed by atoms with E-state index in [0.29, 0.717) is 17.0 Å². The predicted octanol–water partition coefficient (Wildman–Crippen LogP) is 4.34. The van der Waals surface area contributed by atoms with Crippen molar-refractivity contribution in [3.63, 3.8) is 0 Å². The molecule has 0 spiro atoms. The first-order valence-corrected chi connectivity index (χ1v) is 10.2. The van der Waals surface area contributed by atoms with Crippen LogP contribution >= 0.6 is 11.6 Å². The lowest BCUT2D eigenvalue weighted by Crippen LogP contribution is -2.38. The van der Waals surface area contributed by atoms with E-state index in [-0.39, 0.29) is 30.3 Å². The maximum absolute atomic E-state index is 12.7. The van der Waals surface area contributed by atoms with Gasteiger partial charge in [0.15, 0.2) is 0 Å². The average Bonchev–Trinajstić information content (AvgIpc) is 2.76. The van der Waals surface area contributed by atoms with Gasteiger partial charge in [0.25, 0.3) is 5.91 Å². The van der Waals surface area contributed by atoms with Crippen LogP contribution in [0.1, 0.15) is 41.0 Å². The molecule has 2 N–H and O–H groups in total. The van der Waals surface area contributed by atoms with Crippen LogP contribution in [0.25, 0.3) is 0 Å². The number of carbonyl (C=O) groups is 2. The van der Waals surface area contributed by atoms with Gasteiger partial charge in [0.2, 0.25) is 5.91 Å². The lowest BCUT2D eigenvalue weighted by atomic mass is 10.0. The highest BCUT2D eigenvalue weighted by atomic mass is 35.5. The molecule has 0 aliphatic heterocycles. The molecule has 0 saturated heterocycles. The highest BCUT2D eigenvalue weighted by Gasteiger charge is 2.19. The molecule has 0 fully saturated rings. The molecule has 0 aliphatic rings. The molecule has 1 heterocycles. The molecular formula is C24H24ClN3O2. The van der Waals surface area contributed by atoms with E-state index in [1.807, 2.05) is 55.5 Å². The van der Waals surface area contributed by atoms with Crippen LogP contribution in [-0.2, 0) is 11.2 Å². The molecule has 3 rings (SSSR count). The molecular weight excluding hydrogens is 398 g/mol. The summed E-state index contributed by atoms with van der Waals surface area (Å²) < 4.78 is 0. The van der Waals surface area contributed by atoms with Gasteiger partial charge < -0.3 is 10.6 Å². The molecule has 0 radical (unpaired) electrons. The lowest BCUT2D eigenvalue weighted by Gasteiger charge is -2.20. The van der Waals surface area contributed by atoms with Crippen molar-refractivity contribution in [2.45, 2.75) is 31.8 Å². The largest absolute Gasteiger partial charge is 0.349 e. The summed E-state index contributed by atoms with van der Waals surface area (Å²) in [5.74, 6) is -0.348. The normalized spacial score (nSPS) is 12.6. The molecule has 154 valence electrons. The summed E-state index contributed by atoms with van der Waals surface area (Å²) in [7, 11) is 0. The molecule has 2 amide bonds. The lowest BCUT2D eigenvalue weighted by molar-refractivity contribution is -0.122. The van der Waals surface area contributed by atoms with Crippen molar-refractivity contribution in [1.29, 1.82) is 0 Å². The minimum Gasteiger partial charge on any atom is -0.349 e. The smallest absolute Gasteiger partial charge is 0.251 e. The Labute approximate surface area is 181 Å². The summed E-state index contributed by atoms with van der Waals surface area (Å²) in [4.78, 5) is 29.4. The quantitative estimate of drug-likeness (QED) is 0.568. The van der Waals surface area contributed by atoms with Gasteiger partial charge in [-0.3, -0.25) is 14.6 Å². The van der Waals surface area contributed by atoms with E-state index in [4.69, 9.17) is 11.6 Å². The van der Waals surface area contributed by atoms with E-state index in [1.165, 1.54) is 0 Å². The number of benzene rings is 2. The maximum atomic E-state index is 12.7. The molecule has 0 saturated carbocycles. The zero-order valence-electron chi connectivity index (χ0n) is 16.7. The molecule has 2 atom stereocenters. The number of carbonyl (C=O) groups excluding carboxylic acids is 2. The number of aromatic nitrogens is 1. The van der Waals surface area contributed by atoms with Crippen LogP contribution in [0.15, 0.2) is 79.0 Å². The van der Waals surface area contributed by atoms with E-state index in [1.54, 1.807) is 30.5 Å². The summed E-state index contributed by atoms with van der Waals surface area (Å²) in [6.07, 6.45) is 2.46. The van der Waals surface area contributed by atoms with Gasteiger partial charge >= 0.3 is 0 Å². The second-order valence-corrected chi connectivity index (χ2v) is 7.59. The highest BCUT2D eigenvalue weighted by Crippen LogP contribution is 2.19. The van der Waals surface area contributed by atoms with E-state index >= 15 is 0 Å². The minimum absolute atomic E-state index is 0.152. The maximum Gasteiger partial charge on any atom is 0.251 e. The van der Waals surface area contributed by atoms with Crippen LogP contribution in [0.2, 0.25) is 5.02 Å². The first-order chi connectivity index (χ1) is 14.5. The SMILES string of the molecule is CC(CC(=O)NC(Cc1ccc(Cl)cc1)c1ccccn1)NC(=O)c1ccccc1. The fourth-order valence-corrected chi connectivity index (χ4v) is 3.27. The summed E-state index contributed by atoms with van der Waals surface area (Å²) in [5, 5.41) is 6.59. The number of hydrogen-bond donors (Lipinski definition) is 2. The monoisotopic (exact) mass is 421 g/mol. The third-order valence-corrected chi connectivity index (χ3v) is 4.89. The van der Waals surface area contributed by atoms with Crippen molar-refractivity contribution in [3.05, 3.63) is 101 Å². The fraction of sp³-hybridized carbons (Fsp3) is 0.208. The Morgan fingerprint density at radius 3 is 2.30 bits per heavy atom. The van der Waals surface area contributed by atoms with Crippen molar-refractivity contribution >= 4 is 23.4 Å². The Bertz CT molecular complexity index is 963. The number of nitrogens with zero attached hydrogens (tertiary/aromatic N) is 1. The van der Waals surface area contributed by atoms with Crippen molar-refractivity contribution < 1.29 is 9.59 Å². The molecule has 3 aromatic rings. The Kier molecular flexibility index (Phi) is 7.57. The van der Waals surface area contributed by atoms with Crippen molar-refractivity contribution in [3.8, 4) is 0 Å². The summed E-state index contributed by atoms with van der Waals surface area (Å²) in [6.45, 7) is 1.81. The number of amides is 2. The third kappa shape index (κ3) is 6.42. The first-order valence-electron chi connectivity index (χ1n) is 9.82. The molecule has 6 heteroatoms. The molecule has 1 aromatic heterocycles. The van der Waals surface area contributed by atoms with Gasteiger partial charge in [-0.15, -0.1) is 0 Å². The topological polar surface area (TPSA) is 71.1 Å². The van der Waals surface area contributed by atoms with Gasteiger partial charge in [-0.05, 0) is 55.3 Å². The van der Waals surface area contributed by atoms with Gasteiger partial charge in [-0.2, -0.15) is 0 Å². The zero-order valence-corrected chi connectivity index (χ0v) is 17.5. The average molecular weight is 422 g/mol. The van der Waals surface area contributed by atoms with Gasteiger partial charge in [0.05, 0.1) is 11.7 Å². The van der Waals surface area contributed by atoms with E-state index in [9.17, 15) is 9.59 Å². The van der Waals surface area contributed by atoms with Crippen LogP contribution in [0.3, 0.4) is 0 Å². The zero-order chi connectivity index (χ0) is 21.3. The summed E-state index contributed by atoms with van der Waals surface area (Å²) in [6, 6.07) is 21.5. The fourth-order valence-electron chi connectivity index (χ4n) is 3.15. The molecule has 30 heavy (non-hydrogen) atoms. The Hall–Kier alpha value is -3.18. The molecule has 2 unspecified atom stereocenters. The first kappa shape index (κ1) is 21.5. The number of nitrogens with one attached hydrogen (secondary N) is 2. The van der Waals surface area contributed by atoms with Crippen LogP contribution in [0.5, 0.6) is 0 Å². The van der Waals surface area contributed by atoms with Gasteiger partial charge in [0.1, 0.15) is 0 Å². The van der Waals surface area contributed by atoms with Crippen molar-refractivity contribution in [2.24, 2.45) is 0 Å². The molecule has 0 bridgehead atoms. The van der Waals surface area contributed by atoms with Crippen LogP contribution in [0, 0.1) is 0 Å². The van der Waals surface area contributed by atoms with Crippen LogP contribution < -0.4 is 10.6 Å². The molecule has 0 aliphatic carbocycles. The van der Waals surface area contributed by atoms with Crippen molar-refractivity contribution in [2.75, 3.05) is 0 Å². The molecule has 2 aromatic carbocycles. The van der Waals surface area contributed by atoms with E-state index in [0.717, 1.165) is 11.3 Å². The molecule has 5 nitrogen and oxygen atoms in total. The second kappa shape index (κ2) is 10.6. The van der Waals surface area contributed by atoms with Crippen LogP contribution in [-0.4, -0.2) is 22.8 Å². The standard InChI is InChI=1S/C24H24ClN3O2/c1-17(27-24(30)19-7-3-2-4-8-19)15-23(29)28-22(21-9-5-6-14-26-21)16-18-10-12-20(25)13-11-18/h2-14,17,22H,15-16H2,1H3,(H,27,30)(H,28,29). The Morgan fingerprint density at radius 2 is 1.63 bits per heavy atom.